The van der Waals surface area contributed by atoms with E-state index >= 15 is 0 Å². The summed E-state index contributed by atoms with van der Waals surface area (Å²) in [6.07, 6.45) is 3.68. The van der Waals surface area contributed by atoms with Crippen LogP contribution in [0.25, 0.3) is 10.8 Å². The van der Waals surface area contributed by atoms with E-state index in [-0.39, 0.29) is 9.37 Å². The van der Waals surface area contributed by atoms with Crippen molar-refractivity contribution in [1.82, 2.24) is 4.98 Å². The average molecular weight is 421 g/mol. The van der Waals surface area contributed by atoms with Gasteiger partial charge in [0.1, 0.15) is 11.6 Å². The fourth-order valence-electron chi connectivity index (χ4n) is 2.88. The van der Waals surface area contributed by atoms with Gasteiger partial charge in [0, 0.05) is 17.1 Å². The summed E-state index contributed by atoms with van der Waals surface area (Å²) in [5.74, 6) is -0.000701. The second kappa shape index (κ2) is 6.07. The lowest BCUT2D eigenvalue weighted by Gasteiger charge is -2.14. The zero-order chi connectivity index (χ0) is 17.6. The molecule has 1 aliphatic carbocycles. The Balaban J connectivity index is 1.80. The second-order valence-corrected chi connectivity index (χ2v) is 8.60. The molecule has 1 fully saturated rings. The normalized spacial score (nSPS) is 14.6. The smallest absolute Gasteiger partial charge is 0.263 e. The first-order valence-corrected chi connectivity index (χ1v) is 10.1. The molecule has 1 heterocycles. The first-order chi connectivity index (χ1) is 12.0. The van der Waals surface area contributed by atoms with Gasteiger partial charge in [-0.3, -0.25) is 4.72 Å². The van der Waals surface area contributed by atoms with Crippen molar-refractivity contribution in [1.29, 1.82) is 0 Å². The number of fused-ring (bicyclic) bond motifs is 1. The van der Waals surface area contributed by atoms with Crippen LogP contribution in [0.4, 0.5) is 10.2 Å². The first-order valence-electron chi connectivity index (χ1n) is 7.81. The monoisotopic (exact) mass is 420 g/mol. The van der Waals surface area contributed by atoms with E-state index in [0.29, 0.717) is 11.7 Å². The molecule has 0 amide bonds. The number of pyridine rings is 1. The minimum atomic E-state index is -3.92. The molecule has 3 aromatic rings. The number of aromatic nitrogens is 1. The van der Waals surface area contributed by atoms with Crippen LogP contribution in [-0.4, -0.2) is 13.4 Å². The van der Waals surface area contributed by atoms with Gasteiger partial charge in [0.25, 0.3) is 10.0 Å². The lowest BCUT2D eigenvalue weighted by molar-refractivity contribution is 0.593. The van der Waals surface area contributed by atoms with Crippen LogP contribution in [0.2, 0.25) is 0 Å². The van der Waals surface area contributed by atoms with Crippen molar-refractivity contribution < 1.29 is 12.8 Å². The summed E-state index contributed by atoms with van der Waals surface area (Å²) in [5, 5.41) is 1.97. The first kappa shape index (κ1) is 16.5. The number of halogens is 2. The number of anilines is 1. The van der Waals surface area contributed by atoms with E-state index in [0.717, 1.165) is 35.2 Å². The van der Waals surface area contributed by atoms with E-state index in [1.165, 1.54) is 12.1 Å². The zero-order valence-electron chi connectivity index (χ0n) is 13.0. The molecule has 0 radical (unpaired) electrons. The van der Waals surface area contributed by atoms with E-state index in [1.54, 1.807) is 6.20 Å². The minimum Gasteiger partial charge on any atom is -0.263 e. The summed E-state index contributed by atoms with van der Waals surface area (Å²) in [6, 6.07) is 11.5. The van der Waals surface area contributed by atoms with Crippen molar-refractivity contribution in [2.45, 2.75) is 23.7 Å². The van der Waals surface area contributed by atoms with E-state index in [2.05, 4.69) is 25.6 Å². The summed E-state index contributed by atoms with van der Waals surface area (Å²) in [7, 11) is -3.92. The Morgan fingerprint density at radius 2 is 1.92 bits per heavy atom. The third kappa shape index (κ3) is 3.14. The average Bonchev–Trinajstić information content (AvgIpc) is 3.41. The molecule has 0 spiro atoms. The summed E-state index contributed by atoms with van der Waals surface area (Å²) in [5.41, 5.74) is 0.916. The molecule has 2 aromatic carbocycles. The van der Waals surface area contributed by atoms with Gasteiger partial charge in [-0.05, 0) is 58.3 Å². The minimum absolute atomic E-state index is 0.134. The summed E-state index contributed by atoms with van der Waals surface area (Å²) >= 11 is 3.03. The Morgan fingerprint density at radius 1 is 1.16 bits per heavy atom. The summed E-state index contributed by atoms with van der Waals surface area (Å²) in [4.78, 5) is 4.19. The highest BCUT2D eigenvalue weighted by Gasteiger charge is 2.30. The highest BCUT2D eigenvalue weighted by Crippen LogP contribution is 2.46. The van der Waals surface area contributed by atoms with Crippen molar-refractivity contribution in [3.05, 3.63) is 64.5 Å². The van der Waals surface area contributed by atoms with Crippen LogP contribution in [0.5, 0.6) is 0 Å². The van der Waals surface area contributed by atoms with Gasteiger partial charge in [0.2, 0.25) is 0 Å². The molecular weight excluding hydrogens is 407 g/mol. The van der Waals surface area contributed by atoms with E-state index in [1.807, 2.05) is 24.3 Å². The van der Waals surface area contributed by atoms with E-state index in [4.69, 9.17) is 0 Å². The molecule has 1 N–H and O–H groups in total. The van der Waals surface area contributed by atoms with Gasteiger partial charge >= 0.3 is 0 Å². The van der Waals surface area contributed by atoms with E-state index < -0.39 is 15.8 Å². The number of nitrogens with one attached hydrogen (secondary N) is 1. The topological polar surface area (TPSA) is 59.1 Å². The van der Waals surface area contributed by atoms with Crippen molar-refractivity contribution in [3.8, 4) is 0 Å². The maximum atomic E-state index is 13.7. The van der Waals surface area contributed by atoms with Crippen molar-refractivity contribution in [2.24, 2.45) is 0 Å². The molecule has 0 unspecified atom stereocenters. The lowest BCUT2D eigenvalue weighted by atomic mass is 10.0. The maximum Gasteiger partial charge on any atom is 0.263 e. The molecule has 25 heavy (non-hydrogen) atoms. The van der Waals surface area contributed by atoms with Crippen LogP contribution in [0.3, 0.4) is 0 Å². The van der Waals surface area contributed by atoms with Crippen LogP contribution in [-0.2, 0) is 10.0 Å². The Morgan fingerprint density at radius 3 is 2.64 bits per heavy atom. The molecule has 128 valence electrons. The molecule has 0 atom stereocenters. The number of hydrogen-bond donors (Lipinski definition) is 1. The molecule has 4 rings (SSSR count). The Bertz CT molecular complexity index is 1080. The zero-order valence-corrected chi connectivity index (χ0v) is 15.4. The van der Waals surface area contributed by atoms with Crippen molar-refractivity contribution in [2.75, 3.05) is 4.72 Å². The molecule has 1 aromatic heterocycles. The second-order valence-electron chi connectivity index (χ2n) is 6.06. The Kier molecular flexibility index (Phi) is 4.00. The van der Waals surface area contributed by atoms with Gasteiger partial charge in [-0.1, -0.05) is 24.3 Å². The van der Waals surface area contributed by atoms with Crippen molar-refractivity contribution in [3.63, 3.8) is 0 Å². The maximum absolute atomic E-state index is 13.7. The van der Waals surface area contributed by atoms with Gasteiger partial charge in [0.15, 0.2) is 0 Å². The highest BCUT2D eigenvalue weighted by atomic mass is 79.9. The standard InChI is InChI=1S/C18H14BrFN2O2S/c19-15-8-7-13(9-16(15)20)25(23,24)22-18-17(11-5-6-11)14-4-2-1-3-12(14)10-21-18/h1-4,7-11H,5-6H2,(H,21,22). The molecule has 0 aliphatic heterocycles. The quantitative estimate of drug-likeness (QED) is 0.658. The van der Waals surface area contributed by atoms with Crippen molar-refractivity contribution >= 4 is 42.5 Å². The van der Waals surface area contributed by atoms with Gasteiger partial charge in [-0.2, -0.15) is 0 Å². The third-order valence-electron chi connectivity index (χ3n) is 4.26. The number of sulfonamides is 1. The van der Waals surface area contributed by atoms with Gasteiger partial charge in [-0.15, -0.1) is 0 Å². The summed E-state index contributed by atoms with van der Waals surface area (Å²) < 4.78 is 41.8. The Labute approximate surface area is 153 Å². The highest BCUT2D eigenvalue weighted by molar-refractivity contribution is 9.10. The molecule has 1 saturated carbocycles. The number of benzene rings is 2. The molecule has 0 bridgehead atoms. The molecular formula is C18H14BrFN2O2S. The van der Waals surface area contributed by atoms with Gasteiger partial charge < -0.3 is 0 Å². The SMILES string of the molecule is O=S(=O)(Nc1ncc2ccccc2c1C1CC1)c1ccc(Br)c(F)c1. The molecule has 1 aliphatic rings. The number of nitrogens with zero attached hydrogens (tertiary/aromatic N) is 1. The largest absolute Gasteiger partial charge is 0.263 e. The molecule has 4 nitrogen and oxygen atoms in total. The van der Waals surface area contributed by atoms with Crippen LogP contribution in [0, 0.1) is 5.82 Å². The van der Waals surface area contributed by atoms with Crippen LogP contribution >= 0.6 is 15.9 Å². The van der Waals surface area contributed by atoms with E-state index in [9.17, 15) is 12.8 Å². The predicted molar refractivity (Wildman–Crippen MR) is 98.6 cm³/mol. The number of rotatable bonds is 4. The fraction of sp³-hybridized carbons (Fsp3) is 0.167. The lowest BCUT2D eigenvalue weighted by Crippen LogP contribution is -2.15. The summed E-state index contributed by atoms with van der Waals surface area (Å²) in [6.45, 7) is 0. The van der Waals surface area contributed by atoms with Gasteiger partial charge in [0.05, 0.1) is 9.37 Å². The molecule has 7 heteroatoms. The van der Waals surface area contributed by atoms with Crippen LogP contribution in [0.15, 0.2) is 58.0 Å². The Hall–Kier alpha value is -1.99. The third-order valence-corrected chi connectivity index (χ3v) is 6.24. The van der Waals surface area contributed by atoms with Crippen LogP contribution < -0.4 is 4.72 Å². The molecule has 0 saturated heterocycles. The fourth-order valence-corrected chi connectivity index (χ4v) is 4.17. The number of hydrogen-bond acceptors (Lipinski definition) is 3. The van der Waals surface area contributed by atoms with Crippen LogP contribution in [0.1, 0.15) is 24.3 Å². The van der Waals surface area contributed by atoms with Gasteiger partial charge in [-0.25, -0.2) is 17.8 Å². The predicted octanol–water partition coefficient (Wildman–Crippen LogP) is 4.81.